The van der Waals surface area contributed by atoms with Crippen molar-refractivity contribution in [1.82, 2.24) is 0 Å². The number of unbranched alkanes of at least 4 members (excludes halogenated alkanes) is 9. The van der Waals surface area contributed by atoms with E-state index in [1.807, 2.05) is 13.8 Å². The molecule has 166 valence electrons. The molecule has 0 heterocycles. The summed E-state index contributed by atoms with van der Waals surface area (Å²) >= 11 is 0. The summed E-state index contributed by atoms with van der Waals surface area (Å²) < 4.78 is 4.83. The van der Waals surface area contributed by atoms with Crippen molar-refractivity contribution in [2.45, 2.75) is 91.4 Å². The van der Waals surface area contributed by atoms with Crippen molar-refractivity contribution in [2.75, 3.05) is 13.2 Å². The largest absolute Gasteiger partial charge is 1.00 e. The zero-order valence-electron chi connectivity index (χ0n) is 23.3. The molecule has 0 aromatic heterocycles. The maximum absolute atomic E-state index is 4.83. The third-order valence-electron chi connectivity index (χ3n) is 5.31. The van der Waals surface area contributed by atoms with E-state index in [1.54, 1.807) is 0 Å². The van der Waals surface area contributed by atoms with Crippen molar-refractivity contribution in [3.8, 4) is 11.1 Å². The Morgan fingerprint density at radius 2 is 1.06 bits per heavy atom. The monoisotopic (exact) mass is 444 g/mol. The molecular weight excluding hydrogens is 398 g/mol. The van der Waals surface area contributed by atoms with Crippen LogP contribution in [0.5, 0.6) is 0 Å². The summed E-state index contributed by atoms with van der Waals surface area (Å²) in [5, 5.41) is 0. The number of hydrogen-bond donors (Lipinski definition) is 0. The van der Waals surface area contributed by atoms with Crippen LogP contribution in [0.15, 0.2) is 54.6 Å². The van der Waals surface area contributed by atoms with Crippen molar-refractivity contribution in [3.05, 3.63) is 60.2 Å². The number of hydrogen-bond acceptors (Lipinski definition) is 1. The summed E-state index contributed by atoms with van der Waals surface area (Å²) in [6, 6.07) is 19.7. The minimum atomic E-state index is 0. The van der Waals surface area contributed by atoms with Crippen LogP contribution in [0, 0.1) is 0 Å². The molecule has 0 spiro atoms. The SMILES string of the molecule is CCCCCCCCCCCCc1ccccc1-c1ccccc1.CCOCC.[H-].[H-].[Na+].[Na+]. The Bertz CT molecular complexity index is 610. The molecule has 0 N–H and O–H groups in total. The first-order chi connectivity index (χ1) is 14.3. The topological polar surface area (TPSA) is 9.23 Å². The summed E-state index contributed by atoms with van der Waals surface area (Å²) in [7, 11) is 0. The third kappa shape index (κ3) is 17.5. The van der Waals surface area contributed by atoms with E-state index in [-0.39, 0.29) is 62.0 Å². The Morgan fingerprint density at radius 3 is 1.58 bits per heavy atom. The Balaban J connectivity index is -0.000000423. The smallest absolute Gasteiger partial charge is 1.00 e. The fourth-order valence-electron chi connectivity index (χ4n) is 3.64. The fourth-order valence-corrected chi connectivity index (χ4v) is 3.64. The van der Waals surface area contributed by atoms with Gasteiger partial charge in [0.2, 0.25) is 0 Å². The summed E-state index contributed by atoms with van der Waals surface area (Å²) in [6.07, 6.45) is 15.3. The standard InChI is InChI=1S/C24H34.C4H10O.2Na.2H/c1-2-3-4-5-6-7-8-9-10-12-17-23-20-15-16-21-24(23)22-18-13-11-14-19-22;1-3-5-4-2;;;;/h11,13-16,18-21H,2-10,12,17H2,1H3;3-4H2,1-2H3;;;;/q;;2*+1;2*-1. The molecule has 31 heavy (non-hydrogen) atoms. The van der Waals surface area contributed by atoms with Crippen LogP contribution in [0.25, 0.3) is 11.1 Å². The van der Waals surface area contributed by atoms with Crippen molar-refractivity contribution < 1.29 is 66.7 Å². The molecule has 0 aliphatic carbocycles. The van der Waals surface area contributed by atoms with E-state index in [9.17, 15) is 0 Å². The summed E-state index contributed by atoms with van der Waals surface area (Å²) in [5.41, 5.74) is 4.26. The van der Waals surface area contributed by atoms with Crippen LogP contribution in [-0.4, -0.2) is 13.2 Å². The van der Waals surface area contributed by atoms with Gasteiger partial charge in [0, 0.05) is 13.2 Å². The van der Waals surface area contributed by atoms with Crippen LogP contribution in [0.1, 0.15) is 93.4 Å². The van der Waals surface area contributed by atoms with Gasteiger partial charge in [-0.05, 0) is 43.4 Å². The van der Waals surface area contributed by atoms with E-state index in [0.717, 1.165) is 13.2 Å². The number of rotatable bonds is 14. The second kappa shape index (κ2) is 25.0. The van der Waals surface area contributed by atoms with Crippen LogP contribution >= 0.6 is 0 Å². The maximum atomic E-state index is 4.83. The molecule has 1 nitrogen and oxygen atoms in total. The molecule has 0 radical (unpaired) electrons. The molecule has 0 aliphatic heterocycles. The average Bonchev–Trinajstić information content (AvgIpc) is 2.77. The number of ether oxygens (including phenoxy) is 1. The second-order valence-corrected chi connectivity index (χ2v) is 7.74. The van der Waals surface area contributed by atoms with Crippen molar-refractivity contribution in [1.29, 1.82) is 0 Å². The Morgan fingerprint density at radius 1 is 0.581 bits per heavy atom. The van der Waals surface area contributed by atoms with Crippen LogP contribution in [0.2, 0.25) is 0 Å². The fraction of sp³-hybridized carbons (Fsp3) is 0.571. The van der Waals surface area contributed by atoms with Crippen molar-refractivity contribution in [2.24, 2.45) is 0 Å². The Kier molecular flexibility index (Phi) is 27.1. The molecule has 0 fully saturated rings. The second-order valence-electron chi connectivity index (χ2n) is 7.74. The van der Waals surface area contributed by atoms with Gasteiger partial charge in [0.25, 0.3) is 0 Å². The molecule has 0 bridgehead atoms. The normalized spacial score (nSPS) is 9.77. The first-order valence-electron chi connectivity index (χ1n) is 12.0. The first-order valence-corrected chi connectivity index (χ1v) is 12.0. The van der Waals surface area contributed by atoms with Crippen LogP contribution in [0.4, 0.5) is 0 Å². The predicted molar refractivity (Wildman–Crippen MR) is 132 cm³/mol. The third-order valence-corrected chi connectivity index (χ3v) is 5.31. The molecule has 0 saturated heterocycles. The molecule has 0 atom stereocenters. The molecule has 0 aliphatic rings. The molecule has 2 aromatic rings. The van der Waals surface area contributed by atoms with E-state index in [0.29, 0.717) is 0 Å². The Labute approximate surface area is 240 Å². The van der Waals surface area contributed by atoms with Gasteiger partial charge in [0.1, 0.15) is 0 Å². The quantitative estimate of drug-likeness (QED) is 0.321. The zero-order valence-corrected chi connectivity index (χ0v) is 25.3. The zero-order chi connectivity index (χ0) is 21.0. The van der Waals surface area contributed by atoms with Gasteiger partial charge in [0.05, 0.1) is 0 Å². The predicted octanol–water partition coefficient (Wildman–Crippen LogP) is 3.09. The molecule has 3 heteroatoms. The van der Waals surface area contributed by atoms with Crippen LogP contribution in [-0.2, 0) is 11.2 Å². The van der Waals surface area contributed by atoms with Crippen molar-refractivity contribution in [3.63, 3.8) is 0 Å². The van der Waals surface area contributed by atoms with E-state index in [1.165, 1.54) is 87.3 Å². The average molecular weight is 445 g/mol. The maximum Gasteiger partial charge on any atom is 1.00 e. The van der Waals surface area contributed by atoms with E-state index < -0.39 is 0 Å². The minimum Gasteiger partial charge on any atom is -1.00 e. The van der Waals surface area contributed by atoms with Crippen LogP contribution < -0.4 is 59.1 Å². The number of benzene rings is 2. The van der Waals surface area contributed by atoms with Gasteiger partial charge >= 0.3 is 59.1 Å². The van der Waals surface area contributed by atoms with E-state index in [2.05, 4.69) is 61.5 Å². The van der Waals surface area contributed by atoms with Crippen molar-refractivity contribution >= 4 is 0 Å². The van der Waals surface area contributed by atoms with Gasteiger partial charge in [-0.25, -0.2) is 0 Å². The van der Waals surface area contributed by atoms with Gasteiger partial charge in [-0.2, -0.15) is 0 Å². The molecular formula is C28H46Na2O. The molecule has 0 saturated carbocycles. The summed E-state index contributed by atoms with van der Waals surface area (Å²) in [4.78, 5) is 0. The molecule has 2 aromatic carbocycles. The Hall–Kier alpha value is 0.400. The van der Waals surface area contributed by atoms with Gasteiger partial charge < -0.3 is 7.59 Å². The number of aryl methyl sites for hydroxylation is 1. The van der Waals surface area contributed by atoms with Gasteiger partial charge in [-0.15, -0.1) is 0 Å². The van der Waals surface area contributed by atoms with Gasteiger partial charge in [-0.3, -0.25) is 0 Å². The molecule has 0 unspecified atom stereocenters. The van der Waals surface area contributed by atoms with Crippen LogP contribution in [0.3, 0.4) is 0 Å². The summed E-state index contributed by atoms with van der Waals surface area (Å²) in [6.45, 7) is 7.95. The summed E-state index contributed by atoms with van der Waals surface area (Å²) in [5.74, 6) is 0. The van der Waals surface area contributed by atoms with E-state index >= 15 is 0 Å². The molecule has 2 rings (SSSR count). The van der Waals surface area contributed by atoms with Gasteiger partial charge in [0.15, 0.2) is 0 Å². The van der Waals surface area contributed by atoms with E-state index in [4.69, 9.17) is 4.74 Å². The minimum absolute atomic E-state index is 0. The molecule has 0 amide bonds. The van der Waals surface area contributed by atoms with Gasteiger partial charge in [-0.1, -0.05) is 119 Å². The first kappa shape index (κ1) is 33.6.